The summed E-state index contributed by atoms with van der Waals surface area (Å²) in [6.45, 7) is 1.77. The maximum absolute atomic E-state index is 12.8. The second-order valence-corrected chi connectivity index (χ2v) is 5.95. The summed E-state index contributed by atoms with van der Waals surface area (Å²) < 4.78 is 6.64. The normalized spacial score (nSPS) is 11.7. The summed E-state index contributed by atoms with van der Waals surface area (Å²) in [5.74, 6) is -1.93. The fourth-order valence-electron chi connectivity index (χ4n) is 2.77. The van der Waals surface area contributed by atoms with E-state index in [1.807, 2.05) is 30.3 Å². The van der Waals surface area contributed by atoms with Gasteiger partial charge in [-0.1, -0.05) is 18.2 Å². The minimum absolute atomic E-state index is 0.0858. The van der Waals surface area contributed by atoms with Crippen LogP contribution in [-0.2, 0) is 16.0 Å². The van der Waals surface area contributed by atoms with Crippen LogP contribution in [0.1, 0.15) is 21.9 Å². The zero-order valence-electron chi connectivity index (χ0n) is 14.6. The van der Waals surface area contributed by atoms with Crippen molar-refractivity contribution in [2.45, 2.75) is 19.4 Å². The number of rotatable bonds is 7. The molecule has 0 aliphatic rings. The molecule has 27 heavy (non-hydrogen) atoms. The number of aryl methyl sites for hydroxylation is 1. The zero-order chi connectivity index (χ0) is 19.4. The molecule has 1 atom stereocenters. The second-order valence-electron chi connectivity index (χ2n) is 5.95. The first-order valence-corrected chi connectivity index (χ1v) is 8.22. The standard InChI is InChI=1S/C19H18N4O4/c1-12-21-10-16(23(12)14-5-3-2-4-6-14)19(26)22-15(17(24)18(20)25)9-13-7-8-27-11-13/h2-8,10-11,15H,9H2,1H3,(H2,20,25)(H,22,26). The van der Waals surface area contributed by atoms with Gasteiger partial charge in [0.25, 0.3) is 11.8 Å². The molecule has 3 rings (SSSR count). The number of nitrogens with two attached hydrogens (primary N) is 1. The van der Waals surface area contributed by atoms with Gasteiger partial charge in [-0.2, -0.15) is 0 Å². The number of hydrogen-bond acceptors (Lipinski definition) is 5. The molecule has 138 valence electrons. The van der Waals surface area contributed by atoms with E-state index < -0.39 is 23.6 Å². The van der Waals surface area contributed by atoms with Gasteiger partial charge in [-0.15, -0.1) is 0 Å². The Labute approximate surface area is 155 Å². The van der Waals surface area contributed by atoms with Gasteiger partial charge in [0.2, 0.25) is 5.78 Å². The third-order valence-electron chi connectivity index (χ3n) is 4.07. The third-order valence-corrected chi connectivity index (χ3v) is 4.07. The molecule has 0 aliphatic carbocycles. The Morgan fingerprint density at radius 1 is 1.22 bits per heavy atom. The number of carbonyl (C=O) groups is 3. The summed E-state index contributed by atoms with van der Waals surface area (Å²) in [7, 11) is 0. The molecule has 2 amide bonds. The van der Waals surface area contributed by atoms with Gasteiger partial charge in [-0.3, -0.25) is 19.0 Å². The SMILES string of the molecule is Cc1ncc(C(=O)NC(Cc2ccoc2)C(=O)C(N)=O)n1-c1ccccc1. The van der Waals surface area contributed by atoms with E-state index in [2.05, 4.69) is 10.3 Å². The number of imidazole rings is 1. The number of aromatic nitrogens is 2. The maximum Gasteiger partial charge on any atom is 0.287 e. The molecular formula is C19H18N4O4. The van der Waals surface area contributed by atoms with Crippen molar-refractivity contribution in [3.05, 3.63) is 72.2 Å². The molecule has 2 aromatic heterocycles. The van der Waals surface area contributed by atoms with E-state index in [9.17, 15) is 14.4 Å². The average Bonchev–Trinajstić information content (AvgIpc) is 3.30. The van der Waals surface area contributed by atoms with Crippen molar-refractivity contribution in [2.24, 2.45) is 5.73 Å². The fraction of sp³-hybridized carbons (Fsp3) is 0.158. The van der Waals surface area contributed by atoms with Crippen LogP contribution in [-0.4, -0.2) is 33.2 Å². The quantitative estimate of drug-likeness (QED) is 0.608. The van der Waals surface area contributed by atoms with Gasteiger partial charge >= 0.3 is 0 Å². The largest absolute Gasteiger partial charge is 0.472 e. The molecule has 1 aromatic carbocycles. The number of para-hydroxylation sites is 1. The third kappa shape index (κ3) is 3.95. The monoisotopic (exact) mass is 366 g/mol. The molecule has 3 N–H and O–H groups in total. The minimum atomic E-state index is -1.11. The predicted octanol–water partition coefficient (Wildman–Crippen LogP) is 1.17. The van der Waals surface area contributed by atoms with Gasteiger partial charge in [-0.25, -0.2) is 4.98 Å². The van der Waals surface area contributed by atoms with E-state index >= 15 is 0 Å². The van der Waals surface area contributed by atoms with E-state index in [1.54, 1.807) is 17.6 Å². The smallest absolute Gasteiger partial charge is 0.287 e. The Morgan fingerprint density at radius 3 is 2.59 bits per heavy atom. The number of primary amides is 1. The first-order chi connectivity index (χ1) is 13.0. The highest BCUT2D eigenvalue weighted by molar-refractivity contribution is 6.38. The molecular weight excluding hydrogens is 348 g/mol. The highest BCUT2D eigenvalue weighted by atomic mass is 16.3. The van der Waals surface area contributed by atoms with Crippen LogP contribution < -0.4 is 11.1 Å². The summed E-state index contributed by atoms with van der Waals surface area (Å²) in [4.78, 5) is 40.5. The van der Waals surface area contributed by atoms with Crippen LogP contribution in [0.25, 0.3) is 5.69 Å². The summed E-state index contributed by atoms with van der Waals surface area (Å²) in [5.41, 5.74) is 6.78. The molecule has 2 heterocycles. The van der Waals surface area contributed by atoms with Crippen LogP contribution in [0.5, 0.6) is 0 Å². The van der Waals surface area contributed by atoms with E-state index in [0.29, 0.717) is 11.4 Å². The van der Waals surface area contributed by atoms with Crippen molar-refractivity contribution >= 4 is 17.6 Å². The second kappa shape index (κ2) is 7.69. The molecule has 3 aromatic rings. The summed E-state index contributed by atoms with van der Waals surface area (Å²) >= 11 is 0. The van der Waals surface area contributed by atoms with Crippen molar-refractivity contribution in [3.63, 3.8) is 0 Å². The molecule has 0 fully saturated rings. The number of nitrogens with one attached hydrogen (secondary N) is 1. The van der Waals surface area contributed by atoms with Crippen molar-refractivity contribution in [1.29, 1.82) is 0 Å². The molecule has 8 nitrogen and oxygen atoms in total. The predicted molar refractivity (Wildman–Crippen MR) is 96.2 cm³/mol. The molecule has 0 aliphatic heterocycles. The van der Waals surface area contributed by atoms with Crippen LogP contribution in [0.4, 0.5) is 0 Å². The number of carbonyl (C=O) groups excluding carboxylic acids is 3. The molecule has 1 unspecified atom stereocenters. The summed E-state index contributed by atoms with van der Waals surface area (Å²) in [6, 6.07) is 9.76. The van der Waals surface area contributed by atoms with Crippen LogP contribution in [0.15, 0.2) is 59.5 Å². The van der Waals surface area contributed by atoms with Crippen LogP contribution >= 0.6 is 0 Å². The summed E-state index contributed by atoms with van der Waals surface area (Å²) in [6.07, 6.45) is 4.38. The zero-order valence-corrected chi connectivity index (χ0v) is 14.6. The Bertz CT molecular complexity index is 961. The molecule has 0 radical (unpaired) electrons. The van der Waals surface area contributed by atoms with Gasteiger partial charge in [-0.05, 0) is 30.7 Å². The lowest BCUT2D eigenvalue weighted by Crippen LogP contribution is -2.47. The van der Waals surface area contributed by atoms with E-state index in [1.165, 1.54) is 18.7 Å². The summed E-state index contributed by atoms with van der Waals surface area (Å²) in [5, 5.41) is 2.58. The fourth-order valence-corrected chi connectivity index (χ4v) is 2.77. The number of hydrogen-bond donors (Lipinski definition) is 2. The molecule has 0 bridgehead atoms. The molecule has 0 saturated carbocycles. The van der Waals surface area contributed by atoms with Crippen LogP contribution in [0, 0.1) is 6.92 Å². The topological polar surface area (TPSA) is 120 Å². The average molecular weight is 366 g/mol. The number of nitrogens with zero attached hydrogens (tertiary/aromatic N) is 2. The van der Waals surface area contributed by atoms with Crippen LogP contribution in [0.3, 0.4) is 0 Å². The van der Waals surface area contributed by atoms with Gasteiger partial charge in [0, 0.05) is 12.1 Å². The Kier molecular flexibility index (Phi) is 5.16. The number of amides is 2. The number of ketones is 1. The molecule has 0 spiro atoms. The lowest BCUT2D eigenvalue weighted by molar-refractivity contribution is -0.137. The Balaban J connectivity index is 1.88. The highest BCUT2D eigenvalue weighted by Gasteiger charge is 2.27. The molecule has 8 heteroatoms. The first kappa shape index (κ1) is 18.1. The van der Waals surface area contributed by atoms with Gasteiger partial charge < -0.3 is 15.5 Å². The minimum Gasteiger partial charge on any atom is -0.472 e. The van der Waals surface area contributed by atoms with Crippen molar-refractivity contribution in [1.82, 2.24) is 14.9 Å². The number of Topliss-reactive ketones (excluding diaryl/α,β-unsaturated/α-hetero) is 1. The van der Waals surface area contributed by atoms with Crippen molar-refractivity contribution < 1.29 is 18.8 Å². The van der Waals surface area contributed by atoms with E-state index in [0.717, 1.165) is 5.69 Å². The Hall–Kier alpha value is -3.68. The lowest BCUT2D eigenvalue weighted by atomic mass is 10.0. The van der Waals surface area contributed by atoms with Crippen LogP contribution in [0.2, 0.25) is 0 Å². The van der Waals surface area contributed by atoms with E-state index in [-0.39, 0.29) is 12.1 Å². The number of furan rings is 1. The van der Waals surface area contributed by atoms with Crippen molar-refractivity contribution in [3.8, 4) is 5.69 Å². The van der Waals surface area contributed by atoms with Crippen molar-refractivity contribution in [2.75, 3.05) is 0 Å². The maximum atomic E-state index is 12.8. The highest BCUT2D eigenvalue weighted by Crippen LogP contribution is 2.15. The van der Waals surface area contributed by atoms with Gasteiger partial charge in [0.1, 0.15) is 17.6 Å². The lowest BCUT2D eigenvalue weighted by Gasteiger charge is -2.16. The van der Waals surface area contributed by atoms with Gasteiger partial charge in [0.15, 0.2) is 0 Å². The first-order valence-electron chi connectivity index (χ1n) is 8.22. The number of benzene rings is 1. The van der Waals surface area contributed by atoms with Gasteiger partial charge in [0.05, 0.1) is 18.7 Å². The molecule has 0 saturated heterocycles. The van der Waals surface area contributed by atoms with E-state index in [4.69, 9.17) is 10.2 Å². The Morgan fingerprint density at radius 2 is 1.96 bits per heavy atom.